The number of carbonyl (C=O) groups is 1. The average Bonchev–Trinajstić information content (AvgIpc) is 3.18. The minimum Gasteiger partial charge on any atom is -0.376 e. The van der Waals surface area contributed by atoms with E-state index in [0.717, 1.165) is 30.6 Å². The van der Waals surface area contributed by atoms with Crippen molar-refractivity contribution in [2.24, 2.45) is 0 Å². The van der Waals surface area contributed by atoms with Crippen molar-refractivity contribution in [3.8, 4) is 11.1 Å². The Kier molecular flexibility index (Phi) is 3.78. The molecule has 1 aliphatic rings. The second-order valence-electron chi connectivity index (χ2n) is 4.88. The minimum absolute atomic E-state index is 0.0719. The highest BCUT2D eigenvalue weighted by molar-refractivity contribution is 6.00. The monoisotopic (exact) mass is 271 g/mol. The predicted octanol–water partition coefficient (Wildman–Crippen LogP) is 1.99. The first-order valence-electron chi connectivity index (χ1n) is 6.82. The molecule has 2 N–H and O–H groups in total. The Labute approximate surface area is 117 Å². The molecule has 1 aromatic carbocycles. The van der Waals surface area contributed by atoms with Crippen LogP contribution in [0.4, 0.5) is 0 Å². The Hall–Kier alpha value is -2.14. The van der Waals surface area contributed by atoms with Gasteiger partial charge in [0.1, 0.15) is 0 Å². The molecule has 3 rings (SSSR count). The van der Waals surface area contributed by atoms with Gasteiger partial charge in [-0.2, -0.15) is 5.10 Å². The molecule has 1 atom stereocenters. The Morgan fingerprint density at radius 2 is 2.35 bits per heavy atom. The molecule has 1 saturated heterocycles. The van der Waals surface area contributed by atoms with Gasteiger partial charge in [0, 0.05) is 30.5 Å². The fourth-order valence-electron chi connectivity index (χ4n) is 2.44. The van der Waals surface area contributed by atoms with Crippen molar-refractivity contribution in [3.63, 3.8) is 0 Å². The molecule has 0 spiro atoms. The second kappa shape index (κ2) is 5.88. The Balaban J connectivity index is 1.74. The van der Waals surface area contributed by atoms with Gasteiger partial charge >= 0.3 is 0 Å². The summed E-state index contributed by atoms with van der Waals surface area (Å²) in [6.07, 6.45) is 5.74. The number of benzene rings is 1. The van der Waals surface area contributed by atoms with E-state index >= 15 is 0 Å². The summed E-state index contributed by atoms with van der Waals surface area (Å²) in [5.41, 5.74) is 2.45. The molecule has 20 heavy (non-hydrogen) atoms. The zero-order valence-electron chi connectivity index (χ0n) is 11.1. The lowest BCUT2D eigenvalue weighted by Gasteiger charge is -2.12. The molecule has 0 saturated carbocycles. The van der Waals surface area contributed by atoms with Crippen molar-refractivity contribution in [2.75, 3.05) is 13.2 Å². The number of H-pyrrole nitrogens is 1. The first kappa shape index (κ1) is 12.9. The van der Waals surface area contributed by atoms with Crippen LogP contribution in [0.15, 0.2) is 36.7 Å². The summed E-state index contributed by atoms with van der Waals surface area (Å²) in [4.78, 5) is 12.3. The van der Waals surface area contributed by atoms with Gasteiger partial charge in [-0.15, -0.1) is 0 Å². The number of carbonyl (C=O) groups excluding carboxylic acids is 1. The van der Waals surface area contributed by atoms with Gasteiger partial charge in [0.25, 0.3) is 5.91 Å². The predicted molar refractivity (Wildman–Crippen MR) is 75.3 cm³/mol. The number of nitrogens with zero attached hydrogens (tertiary/aromatic N) is 1. The smallest absolute Gasteiger partial charge is 0.252 e. The average molecular weight is 271 g/mol. The van der Waals surface area contributed by atoms with E-state index in [0.29, 0.717) is 12.1 Å². The fraction of sp³-hybridized carbons (Fsp3) is 0.333. The summed E-state index contributed by atoms with van der Waals surface area (Å²) in [6, 6.07) is 7.53. The van der Waals surface area contributed by atoms with Crippen molar-refractivity contribution in [1.82, 2.24) is 15.5 Å². The number of rotatable bonds is 4. The number of aromatic amines is 1. The summed E-state index contributed by atoms with van der Waals surface area (Å²) in [7, 11) is 0. The first-order valence-corrected chi connectivity index (χ1v) is 6.82. The van der Waals surface area contributed by atoms with Crippen molar-refractivity contribution >= 4 is 5.91 Å². The van der Waals surface area contributed by atoms with Gasteiger partial charge in [0.05, 0.1) is 12.3 Å². The molecule has 0 bridgehead atoms. The first-order chi connectivity index (χ1) is 9.84. The molecule has 1 amide bonds. The van der Waals surface area contributed by atoms with E-state index < -0.39 is 0 Å². The minimum atomic E-state index is -0.0719. The van der Waals surface area contributed by atoms with Crippen LogP contribution < -0.4 is 5.32 Å². The Morgan fingerprint density at radius 3 is 3.10 bits per heavy atom. The van der Waals surface area contributed by atoms with Crippen molar-refractivity contribution in [2.45, 2.75) is 18.9 Å². The number of aromatic nitrogens is 2. The summed E-state index contributed by atoms with van der Waals surface area (Å²) >= 11 is 0. The van der Waals surface area contributed by atoms with E-state index in [1.54, 1.807) is 12.4 Å². The van der Waals surface area contributed by atoms with Gasteiger partial charge in [-0.05, 0) is 24.5 Å². The van der Waals surface area contributed by atoms with Crippen LogP contribution in [0, 0.1) is 0 Å². The molecule has 2 heterocycles. The van der Waals surface area contributed by atoms with Crippen LogP contribution in [0.2, 0.25) is 0 Å². The SMILES string of the molecule is O=C(NC[C@@H]1CCCO1)c1ccccc1-c1cn[nH]c1. The van der Waals surface area contributed by atoms with Crippen molar-refractivity contribution in [1.29, 1.82) is 0 Å². The third-order valence-corrected chi connectivity index (χ3v) is 3.50. The second-order valence-corrected chi connectivity index (χ2v) is 4.88. The topological polar surface area (TPSA) is 67.0 Å². The molecule has 1 fully saturated rings. The number of nitrogens with one attached hydrogen (secondary N) is 2. The van der Waals surface area contributed by atoms with Crippen LogP contribution in [0.3, 0.4) is 0 Å². The molecule has 5 heteroatoms. The van der Waals surface area contributed by atoms with E-state index in [1.165, 1.54) is 0 Å². The van der Waals surface area contributed by atoms with Crippen molar-refractivity contribution < 1.29 is 9.53 Å². The Bertz CT molecular complexity index is 575. The molecule has 2 aromatic rings. The van der Waals surface area contributed by atoms with Gasteiger partial charge < -0.3 is 10.1 Å². The zero-order valence-corrected chi connectivity index (χ0v) is 11.1. The molecule has 0 aliphatic carbocycles. The highest BCUT2D eigenvalue weighted by Crippen LogP contribution is 2.22. The van der Waals surface area contributed by atoms with E-state index in [9.17, 15) is 4.79 Å². The molecular weight excluding hydrogens is 254 g/mol. The number of hydrogen-bond donors (Lipinski definition) is 2. The maximum atomic E-state index is 12.3. The summed E-state index contributed by atoms with van der Waals surface area (Å²) in [5, 5.41) is 9.65. The van der Waals surface area contributed by atoms with Crippen LogP contribution in [0.1, 0.15) is 23.2 Å². The summed E-state index contributed by atoms with van der Waals surface area (Å²) in [5.74, 6) is -0.0719. The van der Waals surface area contributed by atoms with Gasteiger partial charge in [0.2, 0.25) is 0 Å². The van der Waals surface area contributed by atoms with Crippen LogP contribution in [-0.2, 0) is 4.74 Å². The molecular formula is C15H17N3O2. The standard InChI is InChI=1S/C15H17N3O2/c19-15(16-10-12-4-3-7-20-12)14-6-2-1-5-13(14)11-8-17-18-9-11/h1-2,5-6,8-9,12H,3-4,7,10H2,(H,16,19)(H,17,18)/t12-/m0/s1. The lowest BCUT2D eigenvalue weighted by atomic mass is 10.0. The van der Waals surface area contributed by atoms with E-state index in [2.05, 4.69) is 15.5 Å². The maximum absolute atomic E-state index is 12.3. The number of ether oxygens (including phenoxy) is 1. The van der Waals surface area contributed by atoms with Gasteiger partial charge in [0.15, 0.2) is 0 Å². The van der Waals surface area contributed by atoms with Crippen LogP contribution in [-0.4, -0.2) is 35.4 Å². The van der Waals surface area contributed by atoms with E-state index in [4.69, 9.17) is 4.74 Å². The van der Waals surface area contributed by atoms with E-state index in [-0.39, 0.29) is 12.0 Å². The van der Waals surface area contributed by atoms with Gasteiger partial charge in [-0.1, -0.05) is 18.2 Å². The number of amides is 1. The zero-order chi connectivity index (χ0) is 13.8. The van der Waals surface area contributed by atoms with Crippen molar-refractivity contribution in [3.05, 3.63) is 42.2 Å². The quantitative estimate of drug-likeness (QED) is 0.893. The third kappa shape index (κ3) is 2.72. The fourth-order valence-corrected chi connectivity index (χ4v) is 2.44. The summed E-state index contributed by atoms with van der Waals surface area (Å²) in [6.45, 7) is 1.37. The molecule has 0 unspecified atom stereocenters. The molecule has 1 aliphatic heterocycles. The highest BCUT2D eigenvalue weighted by Gasteiger charge is 2.18. The lowest BCUT2D eigenvalue weighted by Crippen LogP contribution is -2.32. The van der Waals surface area contributed by atoms with Gasteiger partial charge in [-0.25, -0.2) is 0 Å². The lowest BCUT2D eigenvalue weighted by molar-refractivity contribution is 0.0858. The number of hydrogen-bond acceptors (Lipinski definition) is 3. The Morgan fingerprint density at radius 1 is 1.45 bits per heavy atom. The largest absolute Gasteiger partial charge is 0.376 e. The molecule has 1 aromatic heterocycles. The van der Waals surface area contributed by atoms with Crippen LogP contribution in [0.25, 0.3) is 11.1 Å². The highest BCUT2D eigenvalue weighted by atomic mass is 16.5. The molecule has 5 nitrogen and oxygen atoms in total. The molecule has 104 valence electrons. The van der Waals surface area contributed by atoms with Gasteiger partial charge in [-0.3, -0.25) is 9.89 Å². The molecule has 0 radical (unpaired) electrons. The summed E-state index contributed by atoms with van der Waals surface area (Å²) < 4.78 is 5.51. The van der Waals surface area contributed by atoms with Crippen LogP contribution >= 0.6 is 0 Å². The third-order valence-electron chi connectivity index (χ3n) is 3.50. The maximum Gasteiger partial charge on any atom is 0.252 e. The normalized spacial score (nSPS) is 18.1. The van der Waals surface area contributed by atoms with Crippen LogP contribution in [0.5, 0.6) is 0 Å². The van der Waals surface area contributed by atoms with E-state index in [1.807, 2.05) is 24.3 Å².